The van der Waals surface area contributed by atoms with Gasteiger partial charge >= 0.3 is 0 Å². The number of hydrogen-bond acceptors (Lipinski definition) is 6. The average Bonchev–Trinajstić information content (AvgIpc) is 3.31. The molecule has 0 bridgehead atoms. The van der Waals surface area contributed by atoms with E-state index in [1.807, 2.05) is 42.5 Å². The molecular weight excluding hydrogens is 862 g/mol. The second kappa shape index (κ2) is 15.4. The quantitative estimate of drug-likeness (QED) is 0.0682. The molecule has 2 heterocycles. The van der Waals surface area contributed by atoms with E-state index in [4.69, 9.17) is 4.55 Å². The Morgan fingerprint density at radius 2 is 1.43 bits per heavy atom. The Kier molecular flexibility index (Phi) is 12.4. The highest BCUT2D eigenvalue weighted by molar-refractivity contribution is 14.1. The summed E-state index contributed by atoms with van der Waals surface area (Å²) < 4.78 is 69.6. The van der Waals surface area contributed by atoms with E-state index in [0.29, 0.717) is 38.8 Å². The highest BCUT2D eigenvalue weighted by atomic mass is 127. The van der Waals surface area contributed by atoms with Crippen LogP contribution in [0.5, 0.6) is 0 Å². The molecule has 0 saturated carbocycles. The Morgan fingerprint density at radius 3 is 2.11 bits per heavy atom. The molecule has 2 aliphatic rings. The summed E-state index contributed by atoms with van der Waals surface area (Å²) in [6.45, 7) is 10.1. The summed E-state index contributed by atoms with van der Waals surface area (Å²) in [5.41, 5.74) is 6.46. The average molecular weight is 905 g/mol. The maximum atomic E-state index is 11.2. The monoisotopic (exact) mass is 904 g/mol. The summed E-state index contributed by atoms with van der Waals surface area (Å²) in [4.78, 5) is 2.24. The number of benzene rings is 2. The van der Waals surface area contributed by atoms with E-state index in [2.05, 4.69) is 119 Å². The fraction of sp³-hybridized carbons (Fsp3) is 0.400. The first-order valence-corrected chi connectivity index (χ1v) is 20.9. The van der Waals surface area contributed by atoms with Crippen molar-refractivity contribution in [3.8, 4) is 0 Å². The second-order valence-corrected chi connectivity index (χ2v) is 18.3. The molecule has 4 rings (SSSR count). The molecule has 0 unspecified atom stereocenters. The van der Waals surface area contributed by atoms with Crippen molar-refractivity contribution in [2.24, 2.45) is 0 Å². The molecule has 0 saturated heterocycles. The van der Waals surface area contributed by atoms with E-state index >= 15 is 0 Å². The van der Waals surface area contributed by atoms with E-state index in [1.165, 1.54) is 18.3 Å². The molecule has 1 N–H and O–H groups in total. The molecule has 2 aromatic carbocycles. The van der Waals surface area contributed by atoms with Crippen molar-refractivity contribution in [2.45, 2.75) is 64.2 Å². The van der Waals surface area contributed by atoms with Crippen molar-refractivity contribution in [1.29, 1.82) is 0 Å². The minimum atomic E-state index is -4.23. The van der Waals surface area contributed by atoms with Crippen molar-refractivity contribution in [2.75, 3.05) is 29.5 Å². The van der Waals surface area contributed by atoms with Crippen LogP contribution in [-0.4, -0.2) is 60.8 Å². The predicted octanol–water partition coefficient (Wildman–Crippen LogP) is 7.62. The van der Waals surface area contributed by atoms with Crippen LogP contribution in [0.4, 0.5) is 11.4 Å². The minimum absolute atomic E-state index is 0.244. The fourth-order valence-electron chi connectivity index (χ4n) is 6.57. The fourth-order valence-corrected chi connectivity index (χ4v) is 10.0. The standard InChI is InChI=1S/C35H42I2N2O6S2/c1-34(2)30(38(22-10-12-24-46(40,41)42)28-18-14-16-26(36)32(28)34)20-8-6-5-7-9-21-31-35(3,4)33-27(37)17-15-19-29(33)39(31)23-11-13-25-47(43,44)45/h5-9,14-21H,10-13,22-25H2,1-4H3,(H-,40,41,42,43,44,45). The minimum Gasteiger partial charge on any atom is -0.748 e. The molecule has 0 radical (unpaired) electrons. The van der Waals surface area contributed by atoms with E-state index in [-0.39, 0.29) is 22.3 Å². The SMILES string of the molecule is CC1(C)C(/C=C/C=C/C=C/C=C2/N(CCCCS(=O)(=O)[O-])c3cccc(I)c3C2(C)C)=[N+](CCCCS(=O)(=O)O)c2cccc(I)c21. The van der Waals surface area contributed by atoms with Crippen LogP contribution in [0.15, 0.2) is 84.6 Å². The van der Waals surface area contributed by atoms with E-state index in [9.17, 15) is 21.4 Å². The van der Waals surface area contributed by atoms with Crippen LogP contribution in [0.1, 0.15) is 64.5 Å². The van der Waals surface area contributed by atoms with Gasteiger partial charge in [-0.05, 0) is 103 Å². The predicted molar refractivity (Wildman–Crippen MR) is 206 cm³/mol. The van der Waals surface area contributed by atoms with Crippen LogP contribution < -0.4 is 4.90 Å². The van der Waals surface area contributed by atoms with E-state index in [1.54, 1.807) is 0 Å². The van der Waals surface area contributed by atoms with Crippen LogP contribution >= 0.6 is 45.2 Å². The lowest BCUT2D eigenvalue weighted by molar-refractivity contribution is -0.438. The number of allylic oxidation sites excluding steroid dienone is 8. The summed E-state index contributed by atoms with van der Waals surface area (Å²) in [6, 6.07) is 12.5. The van der Waals surface area contributed by atoms with Gasteiger partial charge in [0.25, 0.3) is 10.1 Å². The zero-order valence-corrected chi connectivity index (χ0v) is 33.1. The van der Waals surface area contributed by atoms with Gasteiger partial charge in [-0.1, -0.05) is 56.4 Å². The lowest BCUT2D eigenvalue weighted by Crippen LogP contribution is -2.28. The number of nitrogens with zero attached hydrogens (tertiary/aromatic N) is 2. The highest BCUT2D eigenvalue weighted by Gasteiger charge is 2.45. The number of hydrogen-bond donors (Lipinski definition) is 1. The van der Waals surface area contributed by atoms with Crippen LogP contribution in [0, 0.1) is 7.14 Å². The molecule has 47 heavy (non-hydrogen) atoms. The molecule has 0 amide bonds. The maximum absolute atomic E-state index is 11.2. The Balaban J connectivity index is 1.53. The Hall–Kier alpha value is -1.85. The summed E-state index contributed by atoms with van der Waals surface area (Å²) in [6.07, 6.45) is 16.1. The summed E-state index contributed by atoms with van der Waals surface area (Å²) in [5.74, 6) is -0.597. The number of unbranched alkanes of at least 4 members (excludes halogenated alkanes) is 2. The second-order valence-electron chi connectivity index (χ2n) is 12.8. The van der Waals surface area contributed by atoms with Gasteiger partial charge in [-0.15, -0.1) is 0 Å². The molecule has 2 aromatic rings. The van der Waals surface area contributed by atoms with Gasteiger partial charge in [0.15, 0.2) is 5.71 Å². The summed E-state index contributed by atoms with van der Waals surface area (Å²) in [7, 11) is -8.22. The van der Waals surface area contributed by atoms with Crippen LogP contribution in [0.3, 0.4) is 0 Å². The molecule has 0 atom stereocenters. The number of anilines is 1. The van der Waals surface area contributed by atoms with Gasteiger partial charge in [-0.25, -0.2) is 8.42 Å². The first kappa shape index (κ1) is 38.0. The smallest absolute Gasteiger partial charge is 0.264 e. The normalized spacial score (nSPS) is 18.4. The first-order chi connectivity index (χ1) is 21.9. The van der Waals surface area contributed by atoms with Gasteiger partial charge < -0.3 is 9.45 Å². The molecule has 12 heteroatoms. The van der Waals surface area contributed by atoms with Gasteiger partial charge in [-0.3, -0.25) is 4.55 Å². The third kappa shape index (κ3) is 9.24. The number of rotatable bonds is 14. The van der Waals surface area contributed by atoms with Crippen molar-refractivity contribution < 1.29 is 30.5 Å². The molecule has 0 aromatic heterocycles. The first-order valence-electron chi connectivity index (χ1n) is 15.6. The zero-order valence-electron chi connectivity index (χ0n) is 27.1. The molecule has 0 fully saturated rings. The number of fused-ring (bicyclic) bond motifs is 2. The molecule has 2 aliphatic heterocycles. The molecule has 254 valence electrons. The van der Waals surface area contributed by atoms with Gasteiger partial charge in [-0.2, -0.15) is 13.0 Å². The van der Waals surface area contributed by atoms with Crippen molar-refractivity contribution in [3.63, 3.8) is 0 Å². The van der Waals surface area contributed by atoms with Crippen molar-refractivity contribution >= 4 is 82.5 Å². The van der Waals surface area contributed by atoms with Gasteiger partial charge in [0, 0.05) is 60.4 Å². The Bertz CT molecular complexity index is 1870. The maximum Gasteiger partial charge on any atom is 0.264 e. The zero-order chi connectivity index (χ0) is 34.6. The van der Waals surface area contributed by atoms with Crippen molar-refractivity contribution in [1.82, 2.24) is 0 Å². The van der Waals surface area contributed by atoms with Gasteiger partial charge in [0.1, 0.15) is 6.54 Å². The largest absolute Gasteiger partial charge is 0.748 e. The Morgan fingerprint density at radius 1 is 0.809 bits per heavy atom. The lowest BCUT2D eigenvalue weighted by atomic mass is 9.81. The van der Waals surface area contributed by atoms with E-state index < -0.39 is 20.2 Å². The Labute approximate surface area is 307 Å². The van der Waals surface area contributed by atoms with Gasteiger partial charge in [0.05, 0.1) is 26.8 Å². The van der Waals surface area contributed by atoms with Crippen LogP contribution in [0.2, 0.25) is 0 Å². The molecule has 0 spiro atoms. The van der Waals surface area contributed by atoms with E-state index in [0.717, 1.165) is 22.8 Å². The summed E-state index contributed by atoms with van der Waals surface area (Å²) in [5, 5.41) is 0. The van der Waals surface area contributed by atoms with Crippen LogP contribution in [0.25, 0.3) is 0 Å². The lowest BCUT2D eigenvalue weighted by Gasteiger charge is -2.27. The summed E-state index contributed by atoms with van der Waals surface area (Å²) >= 11 is 4.74. The third-order valence-electron chi connectivity index (χ3n) is 8.69. The highest BCUT2D eigenvalue weighted by Crippen LogP contribution is 2.49. The van der Waals surface area contributed by atoms with Gasteiger partial charge in [0.2, 0.25) is 5.69 Å². The third-order valence-corrected chi connectivity index (χ3v) is 12.1. The molecule has 8 nitrogen and oxygen atoms in total. The molecule has 0 aliphatic carbocycles. The topological polar surface area (TPSA) is 118 Å². The molecular formula is C35H42I2N2O6S2. The van der Waals surface area contributed by atoms with Crippen molar-refractivity contribution in [3.05, 3.63) is 103 Å². The van der Waals surface area contributed by atoms with Crippen LogP contribution in [-0.2, 0) is 31.1 Å². The number of halogens is 2.